The van der Waals surface area contributed by atoms with Crippen molar-refractivity contribution in [3.63, 3.8) is 0 Å². The number of aliphatic hydroxyl groups excluding tert-OH is 4. The van der Waals surface area contributed by atoms with E-state index in [1.165, 1.54) is 0 Å². The van der Waals surface area contributed by atoms with Crippen molar-refractivity contribution in [3.05, 3.63) is 12.2 Å². The van der Waals surface area contributed by atoms with E-state index < -0.39 is 29.8 Å². The van der Waals surface area contributed by atoms with Crippen LogP contribution in [0, 0.1) is 35.0 Å². The second-order valence-electron chi connectivity index (χ2n) is 8.23. The van der Waals surface area contributed by atoms with Gasteiger partial charge in [0.15, 0.2) is 5.78 Å². The molecule has 0 amide bonds. The monoisotopic (exact) mass is 322 g/mol. The van der Waals surface area contributed by atoms with E-state index in [1.807, 2.05) is 6.92 Å². The van der Waals surface area contributed by atoms with Crippen LogP contribution in [-0.2, 0) is 4.79 Å². The van der Waals surface area contributed by atoms with E-state index in [0.717, 1.165) is 6.42 Å². The van der Waals surface area contributed by atoms with Crippen LogP contribution in [0.15, 0.2) is 12.2 Å². The lowest BCUT2D eigenvalue weighted by molar-refractivity contribution is -0.242. The summed E-state index contributed by atoms with van der Waals surface area (Å²) >= 11 is 0. The molecule has 2 bridgehead atoms. The minimum absolute atomic E-state index is 0.181. The van der Waals surface area contributed by atoms with Gasteiger partial charge < -0.3 is 20.4 Å². The average Bonchev–Trinajstić information content (AvgIpc) is 2.64. The third-order valence-electron chi connectivity index (χ3n) is 7.54. The summed E-state index contributed by atoms with van der Waals surface area (Å²) in [5, 5.41) is 43.1. The van der Waals surface area contributed by atoms with Gasteiger partial charge in [-0.15, -0.1) is 0 Å². The van der Waals surface area contributed by atoms with Crippen LogP contribution in [0.25, 0.3) is 0 Å². The van der Waals surface area contributed by atoms with Gasteiger partial charge in [0, 0.05) is 5.92 Å². The fourth-order valence-corrected chi connectivity index (χ4v) is 6.51. The molecule has 0 aliphatic heterocycles. The average molecular weight is 322 g/mol. The quantitative estimate of drug-likeness (QED) is 0.480. The Hall–Kier alpha value is -0.750. The first-order valence-corrected chi connectivity index (χ1v) is 8.79. The van der Waals surface area contributed by atoms with Crippen molar-refractivity contribution in [1.29, 1.82) is 0 Å². The standard InChI is InChI=1S/C18H26O5/c1-7-3-6-11(19)13-10-5-4-9-8(2)15(21)18(10,16(9)22)17(23)14(20)12(7)13/h7,9-14,16-17,19-20,22-23H,2-6H2,1H3/t7?,9?,10?,11-,12?,13?,14?,16?,17?,18?/m0/s1. The van der Waals surface area contributed by atoms with Crippen molar-refractivity contribution < 1.29 is 25.2 Å². The molecule has 23 heavy (non-hydrogen) atoms. The van der Waals surface area contributed by atoms with Crippen LogP contribution in [0.1, 0.15) is 32.6 Å². The summed E-state index contributed by atoms with van der Waals surface area (Å²) in [5.41, 5.74) is -0.999. The van der Waals surface area contributed by atoms with Gasteiger partial charge in [0.05, 0.1) is 29.8 Å². The topological polar surface area (TPSA) is 98.0 Å². The molecular weight excluding hydrogens is 296 g/mol. The largest absolute Gasteiger partial charge is 0.393 e. The molecule has 9 unspecified atom stereocenters. The molecule has 4 saturated carbocycles. The highest BCUT2D eigenvalue weighted by molar-refractivity contribution is 6.04. The molecule has 0 aromatic rings. The Morgan fingerprint density at radius 2 is 1.70 bits per heavy atom. The second kappa shape index (κ2) is 4.88. The third-order valence-corrected chi connectivity index (χ3v) is 7.54. The molecule has 5 heteroatoms. The maximum Gasteiger partial charge on any atom is 0.170 e. The van der Waals surface area contributed by atoms with Crippen molar-refractivity contribution in [2.24, 2.45) is 35.0 Å². The first-order chi connectivity index (χ1) is 10.8. The molecule has 0 aromatic heterocycles. The van der Waals surface area contributed by atoms with E-state index in [9.17, 15) is 25.2 Å². The van der Waals surface area contributed by atoms with Crippen molar-refractivity contribution in [2.45, 2.75) is 57.0 Å². The molecule has 0 heterocycles. The van der Waals surface area contributed by atoms with E-state index >= 15 is 0 Å². The van der Waals surface area contributed by atoms with Crippen LogP contribution in [0.4, 0.5) is 0 Å². The van der Waals surface area contributed by atoms with E-state index in [1.54, 1.807) is 0 Å². The molecule has 128 valence electrons. The summed E-state index contributed by atoms with van der Waals surface area (Å²) in [7, 11) is 0. The van der Waals surface area contributed by atoms with E-state index in [-0.39, 0.29) is 35.4 Å². The number of carbonyl (C=O) groups excluding carboxylic acids is 1. The summed E-state index contributed by atoms with van der Waals surface area (Å²) in [6.07, 6.45) is -1.19. The van der Waals surface area contributed by atoms with Gasteiger partial charge in [0.1, 0.15) is 0 Å². The molecule has 4 aliphatic rings. The van der Waals surface area contributed by atoms with Crippen LogP contribution in [0.2, 0.25) is 0 Å². The minimum atomic E-state index is -1.38. The molecule has 4 N–H and O–H groups in total. The summed E-state index contributed by atoms with van der Waals surface area (Å²) in [4.78, 5) is 13.0. The Morgan fingerprint density at radius 3 is 2.39 bits per heavy atom. The van der Waals surface area contributed by atoms with Gasteiger partial charge in [-0.3, -0.25) is 4.79 Å². The summed E-state index contributed by atoms with van der Waals surface area (Å²) in [5.74, 6) is -1.21. The van der Waals surface area contributed by atoms with E-state index in [4.69, 9.17) is 0 Å². The van der Waals surface area contributed by atoms with Gasteiger partial charge in [0.2, 0.25) is 0 Å². The highest BCUT2D eigenvalue weighted by atomic mass is 16.3. The van der Waals surface area contributed by atoms with Crippen molar-refractivity contribution in [2.75, 3.05) is 0 Å². The van der Waals surface area contributed by atoms with Crippen LogP contribution in [0.3, 0.4) is 0 Å². The van der Waals surface area contributed by atoms with Gasteiger partial charge in [-0.2, -0.15) is 0 Å². The summed E-state index contributed by atoms with van der Waals surface area (Å²) in [6.45, 7) is 5.88. The van der Waals surface area contributed by atoms with Crippen molar-refractivity contribution in [1.82, 2.24) is 0 Å². The van der Waals surface area contributed by atoms with Crippen molar-refractivity contribution >= 4 is 5.78 Å². The number of carbonyl (C=O) groups is 1. The smallest absolute Gasteiger partial charge is 0.170 e. The lowest BCUT2D eigenvalue weighted by atomic mass is 9.46. The zero-order valence-corrected chi connectivity index (χ0v) is 13.4. The predicted molar refractivity (Wildman–Crippen MR) is 82.2 cm³/mol. The molecule has 4 aliphatic carbocycles. The van der Waals surface area contributed by atoms with Gasteiger partial charge in [-0.05, 0) is 54.9 Å². The lowest BCUT2D eigenvalue weighted by Crippen LogP contribution is -2.69. The first kappa shape index (κ1) is 15.8. The number of hydrogen-bond donors (Lipinski definition) is 4. The van der Waals surface area contributed by atoms with E-state index in [2.05, 4.69) is 6.58 Å². The fourth-order valence-electron chi connectivity index (χ4n) is 6.51. The Balaban J connectivity index is 1.87. The number of fused-ring (bicyclic) bond motifs is 3. The van der Waals surface area contributed by atoms with Crippen LogP contribution in [-0.4, -0.2) is 50.6 Å². The van der Waals surface area contributed by atoms with Gasteiger partial charge in [-0.25, -0.2) is 0 Å². The number of aliphatic hydroxyl groups is 4. The Labute approximate surface area is 136 Å². The summed E-state index contributed by atoms with van der Waals surface area (Å²) in [6, 6.07) is 0. The zero-order chi connectivity index (χ0) is 16.7. The summed E-state index contributed by atoms with van der Waals surface area (Å²) < 4.78 is 0. The predicted octanol–water partition coefficient (Wildman–Crippen LogP) is 0.257. The normalized spacial score (nSPS) is 58.7. The molecule has 4 rings (SSSR count). The molecule has 4 fully saturated rings. The fraction of sp³-hybridized carbons (Fsp3) is 0.833. The van der Waals surface area contributed by atoms with Gasteiger partial charge >= 0.3 is 0 Å². The number of Topliss-reactive ketones (excluding diaryl/α,β-unsaturated/α-hetero) is 1. The SMILES string of the molecule is C=C1C(=O)C23C(O)C1CCC2C1C(C(C)CC[C@@H]1O)C(O)C3O. The number of rotatable bonds is 0. The maximum absolute atomic E-state index is 13.0. The van der Waals surface area contributed by atoms with E-state index in [0.29, 0.717) is 24.8 Å². The van der Waals surface area contributed by atoms with Crippen LogP contribution >= 0.6 is 0 Å². The Morgan fingerprint density at radius 1 is 1.00 bits per heavy atom. The minimum Gasteiger partial charge on any atom is -0.393 e. The maximum atomic E-state index is 13.0. The number of ketones is 1. The van der Waals surface area contributed by atoms with Crippen molar-refractivity contribution in [3.8, 4) is 0 Å². The van der Waals surface area contributed by atoms with Crippen LogP contribution in [0.5, 0.6) is 0 Å². The molecule has 10 atom stereocenters. The zero-order valence-electron chi connectivity index (χ0n) is 13.4. The molecule has 5 nitrogen and oxygen atoms in total. The Kier molecular flexibility index (Phi) is 3.34. The van der Waals surface area contributed by atoms with Gasteiger partial charge in [-0.1, -0.05) is 13.5 Å². The highest BCUT2D eigenvalue weighted by Gasteiger charge is 2.73. The Bertz CT molecular complexity index is 560. The van der Waals surface area contributed by atoms with Gasteiger partial charge in [0.25, 0.3) is 0 Å². The molecular formula is C18H26O5. The van der Waals surface area contributed by atoms with Crippen LogP contribution < -0.4 is 0 Å². The highest BCUT2D eigenvalue weighted by Crippen LogP contribution is 2.64. The molecule has 0 saturated heterocycles. The lowest BCUT2D eigenvalue weighted by Gasteiger charge is -2.60. The molecule has 0 aromatic carbocycles. The second-order valence-corrected chi connectivity index (χ2v) is 8.23. The number of hydrogen-bond acceptors (Lipinski definition) is 5. The molecule has 0 radical (unpaired) electrons. The molecule has 1 spiro atoms. The third kappa shape index (κ3) is 1.64. The first-order valence-electron chi connectivity index (χ1n) is 8.79.